The molecule has 2 aliphatic rings. The minimum Gasteiger partial charge on any atom is -0.508 e. The number of phenolic OH excluding ortho intramolecular Hbond substituents is 1. The Kier molecular flexibility index (Phi) is 4.37. The number of aromatic hydroxyl groups is 1. The Morgan fingerprint density at radius 2 is 1.54 bits per heavy atom. The molecule has 5 heteroatoms. The zero-order valence-electron chi connectivity index (χ0n) is 14.6. The second-order valence-electron chi connectivity index (χ2n) is 6.93. The maximum absolute atomic E-state index is 12.9. The van der Waals surface area contributed by atoms with Gasteiger partial charge in [0.05, 0.1) is 0 Å². The molecule has 2 aromatic rings. The smallest absolute Gasteiger partial charge is 0.254 e. The van der Waals surface area contributed by atoms with Crippen molar-refractivity contribution < 1.29 is 14.7 Å². The summed E-state index contributed by atoms with van der Waals surface area (Å²) in [7, 11) is 0. The van der Waals surface area contributed by atoms with E-state index in [1.807, 2.05) is 17.0 Å². The highest BCUT2D eigenvalue weighted by Gasteiger charge is 2.28. The summed E-state index contributed by atoms with van der Waals surface area (Å²) in [4.78, 5) is 29.1. The minimum absolute atomic E-state index is 0.0770. The van der Waals surface area contributed by atoms with Crippen LogP contribution in [0, 0.1) is 0 Å². The van der Waals surface area contributed by atoms with E-state index in [2.05, 4.69) is 6.07 Å². The molecule has 0 bridgehead atoms. The van der Waals surface area contributed by atoms with Crippen LogP contribution in [0.2, 0.25) is 0 Å². The highest BCUT2D eigenvalue weighted by molar-refractivity contribution is 5.97. The van der Waals surface area contributed by atoms with E-state index in [-0.39, 0.29) is 17.6 Å². The first-order valence-electron chi connectivity index (χ1n) is 9.12. The highest BCUT2D eigenvalue weighted by atomic mass is 16.3. The van der Waals surface area contributed by atoms with Crippen molar-refractivity contribution in [1.29, 1.82) is 0 Å². The summed E-state index contributed by atoms with van der Waals surface area (Å²) in [5, 5.41) is 9.55. The molecule has 4 rings (SSSR count). The fourth-order valence-corrected chi connectivity index (χ4v) is 3.92. The lowest BCUT2D eigenvalue weighted by molar-refractivity contribution is 0.0535. The molecule has 0 aromatic heterocycles. The molecule has 0 saturated carbocycles. The third-order valence-electron chi connectivity index (χ3n) is 5.32. The molecule has 26 heavy (non-hydrogen) atoms. The van der Waals surface area contributed by atoms with Gasteiger partial charge in [-0.1, -0.05) is 18.2 Å². The summed E-state index contributed by atoms with van der Waals surface area (Å²) >= 11 is 0. The maximum atomic E-state index is 12.9. The van der Waals surface area contributed by atoms with Crippen molar-refractivity contribution in [3.8, 4) is 5.75 Å². The van der Waals surface area contributed by atoms with Gasteiger partial charge in [0, 0.05) is 37.3 Å². The summed E-state index contributed by atoms with van der Waals surface area (Å²) in [6.45, 7) is 2.09. The largest absolute Gasteiger partial charge is 0.508 e. The van der Waals surface area contributed by atoms with E-state index in [9.17, 15) is 14.7 Å². The number of aryl methyl sites for hydroxylation is 1. The van der Waals surface area contributed by atoms with Gasteiger partial charge in [-0.05, 0) is 54.7 Å². The first kappa shape index (κ1) is 16.6. The van der Waals surface area contributed by atoms with Crippen LogP contribution in [0.25, 0.3) is 0 Å². The molecule has 1 N–H and O–H groups in total. The van der Waals surface area contributed by atoms with E-state index >= 15 is 0 Å². The molecule has 2 aromatic carbocycles. The van der Waals surface area contributed by atoms with Crippen molar-refractivity contribution in [2.24, 2.45) is 0 Å². The summed E-state index contributed by atoms with van der Waals surface area (Å²) in [5.41, 5.74) is 3.81. The van der Waals surface area contributed by atoms with Gasteiger partial charge < -0.3 is 14.9 Å². The quantitative estimate of drug-likeness (QED) is 0.905. The Bertz CT molecular complexity index is 854. The van der Waals surface area contributed by atoms with Gasteiger partial charge in [-0.15, -0.1) is 0 Å². The summed E-state index contributed by atoms with van der Waals surface area (Å²) in [6.07, 6.45) is 3.15. The average molecular weight is 350 g/mol. The van der Waals surface area contributed by atoms with Crippen LogP contribution >= 0.6 is 0 Å². The molecule has 0 spiro atoms. The van der Waals surface area contributed by atoms with Crippen LogP contribution in [0.15, 0.2) is 42.5 Å². The first-order valence-corrected chi connectivity index (χ1v) is 9.12. The zero-order chi connectivity index (χ0) is 18.1. The summed E-state index contributed by atoms with van der Waals surface area (Å²) in [6, 6.07) is 12.4. The average Bonchev–Trinajstić information content (AvgIpc) is 3.16. The van der Waals surface area contributed by atoms with Crippen molar-refractivity contribution in [1.82, 2.24) is 9.80 Å². The van der Waals surface area contributed by atoms with Gasteiger partial charge in [0.2, 0.25) is 0 Å². The number of phenols is 1. The number of benzene rings is 2. The van der Waals surface area contributed by atoms with Crippen molar-refractivity contribution in [3.63, 3.8) is 0 Å². The van der Waals surface area contributed by atoms with Crippen molar-refractivity contribution in [2.75, 3.05) is 26.2 Å². The van der Waals surface area contributed by atoms with E-state index < -0.39 is 0 Å². The van der Waals surface area contributed by atoms with E-state index in [4.69, 9.17) is 0 Å². The van der Waals surface area contributed by atoms with Gasteiger partial charge in [0.1, 0.15) is 5.75 Å². The standard InChI is InChI=1S/C21H22N2O3/c24-17-7-1-6-16(14-17)20(25)22-10-12-23(13-11-22)21(26)19-9-3-5-15-4-2-8-18(15)19/h1,3,5-7,9,14,24H,2,4,8,10-13H2. The first-order chi connectivity index (χ1) is 12.6. The molecule has 1 fully saturated rings. The Hall–Kier alpha value is -2.82. The highest BCUT2D eigenvalue weighted by Crippen LogP contribution is 2.26. The number of hydrogen-bond donors (Lipinski definition) is 1. The van der Waals surface area contributed by atoms with Crippen LogP contribution in [0.4, 0.5) is 0 Å². The van der Waals surface area contributed by atoms with Crippen LogP contribution in [0.5, 0.6) is 5.75 Å². The lowest BCUT2D eigenvalue weighted by Gasteiger charge is -2.35. The van der Waals surface area contributed by atoms with Crippen LogP contribution in [-0.2, 0) is 12.8 Å². The number of hydrogen-bond acceptors (Lipinski definition) is 3. The Morgan fingerprint density at radius 1 is 0.846 bits per heavy atom. The van der Waals surface area contributed by atoms with Crippen LogP contribution < -0.4 is 0 Å². The van der Waals surface area contributed by atoms with E-state index in [0.717, 1.165) is 24.8 Å². The minimum atomic E-state index is -0.103. The molecular formula is C21H22N2O3. The van der Waals surface area contributed by atoms with E-state index in [0.29, 0.717) is 31.7 Å². The van der Waals surface area contributed by atoms with E-state index in [1.54, 1.807) is 23.1 Å². The van der Waals surface area contributed by atoms with Crippen LogP contribution in [0.3, 0.4) is 0 Å². The molecule has 5 nitrogen and oxygen atoms in total. The number of amides is 2. The van der Waals surface area contributed by atoms with Crippen molar-refractivity contribution in [3.05, 3.63) is 64.7 Å². The van der Waals surface area contributed by atoms with Crippen molar-refractivity contribution >= 4 is 11.8 Å². The number of nitrogens with zero attached hydrogens (tertiary/aromatic N) is 2. The second-order valence-corrected chi connectivity index (χ2v) is 6.93. The third kappa shape index (κ3) is 3.05. The number of piperazine rings is 1. The molecule has 1 saturated heterocycles. The molecular weight excluding hydrogens is 328 g/mol. The summed E-state index contributed by atoms with van der Waals surface area (Å²) < 4.78 is 0. The topological polar surface area (TPSA) is 60.9 Å². The molecule has 0 radical (unpaired) electrons. The number of fused-ring (bicyclic) bond motifs is 1. The second kappa shape index (κ2) is 6.83. The van der Waals surface area contributed by atoms with Crippen molar-refractivity contribution in [2.45, 2.75) is 19.3 Å². The lowest BCUT2D eigenvalue weighted by Crippen LogP contribution is -2.50. The number of carbonyl (C=O) groups excluding carboxylic acids is 2. The van der Waals surface area contributed by atoms with E-state index in [1.165, 1.54) is 17.2 Å². The zero-order valence-corrected chi connectivity index (χ0v) is 14.6. The molecule has 1 aliphatic heterocycles. The van der Waals surface area contributed by atoms with Gasteiger partial charge in [-0.3, -0.25) is 9.59 Å². The molecule has 2 amide bonds. The summed E-state index contributed by atoms with van der Waals surface area (Å²) in [5.74, 6) is 0.0596. The molecule has 0 atom stereocenters. The normalized spacial score (nSPS) is 16.5. The monoisotopic (exact) mass is 350 g/mol. The Labute approximate surface area is 152 Å². The third-order valence-corrected chi connectivity index (χ3v) is 5.32. The molecule has 0 unspecified atom stereocenters. The van der Waals surface area contributed by atoms with Gasteiger partial charge in [0.15, 0.2) is 0 Å². The van der Waals surface area contributed by atoms with Crippen LogP contribution in [0.1, 0.15) is 38.3 Å². The molecule has 1 aliphatic carbocycles. The Balaban J connectivity index is 1.43. The molecule has 134 valence electrons. The fourth-order valence-electron chi connectivity index (χ4n) is 3.92. The van der Waals surface area contributed by atoms with Gasteiger partial charge in [-0.2, -0.15) is 0 Å². The van der Waals surface area contributed by atoms with Gasteiger partial charge in [0.25, 0.3) is 11.8 Å². The van der Waals surface area contributed by atoms with Gasteiger partial charge >= 0.3 is 0 Å². The SMILES string of the molecule is O=C(c1cccc(O)c1)N1CCN(C(=O)c2cccc3c2CCC3)CC1. The Morgan fingerprint density at radius 3 is 2.27 bits per heavy atom. The number of rotatable bonds is 2. The maximum Gasteiger partial charge on any atom is 0.254 e. The predicted octanol–water partition coefficient (Wildman–Crippen LogP) is 2.48. The van der Waals surface area contributed by atoms with Crippen LogP contribution in [-0.4, -0.2) is 52.9 Å². The molecule has 1 heterocycles. The lowest BCUT2D eigenvalue weighted by atomic mass is 10.0. The predicted molar refractivity (Wildman–Crippen MR) is 98.4 cm³/mol. The fraction of sp³-hybridized carbons (Fsp3) is 0.333. The number of carbonyl (C=O) groups is 2. The van der Waals surface area contributed by atoms with Gasteiger partial charge in [-0.25, -0.2) is 0 Å².